The summed E-state index contributed by atoms with van der Waals surface area (Å²) in [5, 5.41) is 9.60. The van der Waals surface area contributed by atoms with Crippen molar-refractivity contribution in [1.29, 1.82) is 0 Å². The largest absolute Gasteiger partial charge is 0.393 e. The molecule has 0 bridgehead atoms. The monoisotopic (exact) mass is 251 g/mol. The van der Waals surface area contributed by atoms with E-state index in [-0.39, 0.29) is 19.3 Å². The molecule has 17 heavy (non-hydrogen) atoms. The van der Waals surface area contributed by atoms with E-state index in [1.165, 1.54) is 0 Å². The zero-order valence-electron chi connectivity index (χ0n) is 9.92. The highest BCUT2D eigenvalue weighted by Gasteiger charge is 2.48. The fourth-order valence-electron chi connectivity index (χ4n) is 3.16. The van der Waals surface area contributed by atoms with Gasteiger partial charge in [-0.1, -0.05) is 6.42 Å². The Morgan fingerprint density at radius 1 is 1.00 bits per heavy atom. The molecule has 2 aliphatic rings. The smallest absolute Gasteiger partial charge is 0.393 e. The van der Waals surface area contributed by atoms with E-state index in [0.29, 0.717) is 0 Å². The van der Waals surface area contributed by atoms with E-state index in [9.17, 15) is 18.3 Å². The van der Waals surface area contributed by atoms with E-state index in [0.717, 1.165) is 32.4 Å². The molecule has 1 aliphatic carbocycles. The Kier molecular flexibility index (Phi) is 3.98. The Labute approximate surface area is 99.8 Å². The van der Waals surface area contributed by atoms with Crippen LogP contribution < -0.4 is 0 Å². The molecule has 100 valence electrons. The maximum absolute atomic E-state index is 13.0. The molecule has 0 amide bonds. The highest BCUT2D eigenvalue weighted by atomic mass is 19.4. The number of nitrogens with zero attached hydrogens (tertiary/aromatic N) is 1. The van der Waals surface area contributed by atoms with Gasteiger partial charge >= 0.3 is 6.18 Å². The van der Waals surface area contributed by atoms with Gasteiger partial charge in [-0.25, -0.2) is 0 Å². The molecule has 1 N–H and O–H groups in total. The van der Waals surface area contributed by atoms with Gasteiger partial charge in [0.2, 0.25) is 0 Å². The van der Waals surface area contributed by atoms with Crippen LogP contribution in [0, 0.1) is 5.92 Å². The van der Waals surface area contributed by atoms with Crippen molar-refractivity contribution in [2.45, 2.75) is 56.8 Å². The first kappa shape index (κ1) is 13.1. The molecule has 0 aromatic carbocycles. The molecular formula is C12H20F3NO. The van der Waals surface area contributed by atoms with Crippen LogP contribution in [0.3, 0.4) is 0 Å². The molecule has 0 aromatic heterocycles. The predicted octanol–water partition coefficient (Wildman–Crippen LogP) is 2.56. The van der Waals surface area contributed by atoms with Crippen molar-refractivity contribution in [3.63, 3.8) is 0 Å². The number of rotatable bonds is 1. The number of halogens is 3. The number of likely N-dealkylation sites (tertiary alicyclic amines) is 1. The summed E-state index contributed by atoms with van der Waals surface area (Å²) in [6, 6.07) is -0.501. The molecule has 3 atom stereocenters. The first-order valence-corrected chi connectivity index (χ1v) is 6.47. The van der Waals surface area contributed by atoms with E-state index < -0.39 is 24.2 Å². The number of aliphatic hydroxyl groups is 1. The van der Waals surface area contributed by atoms with Crippen molar-refractivity contribution in [1.82, 2.24) is 4.90 Å². The lowest BCUT2D eigenvalue weighted by molar-refractivity contribution is -0.205. The molecular weight excluding hydrogens is 231 g/mol. The van der Waals surface area contributed by atoms with Crippen molar-refractivity contribution in [3.8, 4) is 0 Å². The molecule has 0 radical (unpaired) electrons. The summed E-state index contributed by atoms with van der Waals surface area (Å²) >= 11 is 0. The normalized spacial score (nSPS) is 37.1. The van der Waals surface area contributed by atoms with Crippen LogP contribution in [0.25, 0.3) is 0 Å². The fourth-order valence-corrected chi connectivity index (χ4v) is 3.16. The Balaban J connectivity index is 2.07. The summed E-state index contributed by atoms with van der Waals surface area (Å²) < 4.78 is 38.9. The van der Waals surface area contributed by atoms with Crippen LogP contribution in [0.15, 0.2) is 0 Å². The summed E-state index contributed by atoms with van der Waals surface area (Å²) in [6.07, 6.45) is -0.954. The first-order chi connectivity index (χ1) is 7.98. The Hall–Kier alpha value is -0.290. The van der Waals surface area contributed by atoms with Crippen molar-refractivity contribution in [2.24, 2.45) is 5.92 Å². The highest BCUT2D eigenvalue weighted by molar-refractivity contribution is 4.91. The van der Waals surface area contributed by atoms with Crippen LogP contribution in [0.4, 0.5) is 13.2 Å². The number of piperidine rings is 1. The van der Waals surface area contributed by atoms with Crippen LogP contribution in [0.1, 0.15) is 38.5 Å². The van der Waals surface area contributed by atoms with Gasteiger partial charge in [0.25, 0.3) is 0 Å². The standard InChI is InChI=1S/C12H20F3NO/c13-12(14,15)10-5-4-9(17)8-11(10)16-6-2-1-3-7-16/h9-11,17H,1-8H2. The second-order valence-corrected chi connectivity index (χ2v) is 5.28. The Morgan fingerprint density at radius 3 is 2.24 bits per heavy atom. The summed E-state index contributed by atoms with van der Waals surface area (Å²) in [6.45, 7) is 1.51. The quantitative estimate of drug-likeness (QED) is 0.774. The second-order valence-electron chi connectivity index (χ2n) is 5.28. The summed E-state index contributed by atoms with van der Waals surface area (Å²) in [7, 11) is 0. The van der Waals surface area contributed by atoms with Gasteiger partial charge in [0.05, 0.1) is 12.0 Å². The lowest BCUT2D eigenvalue weighted by Crippen LogP contribution is -2.52. The summed E-state index contributed by atoms with van der Waals surface area (Å²) in [5.41, 5.74) is 0. The van der Waals surface area contributed by atoms with E-state index in [1.54, 1.807) is 0 Å². The van der Waals surface area contributed by atoms with Crippen LogP contribution in [-0.2, 0) is 0 Å². The Morgan fingerprint density at radius 2 is 1.65 bits per heavy atom. The van der Waals surface area contributed by atoms with E-state index >= 15 is 0 Å². The van der Waals surface area contributed by atoms with E-state index in [2.05, 4.69) is 0 Å². The maximum Gasteiger partial charge on any atom is 0.393 e. The zero-order chi connectivity index (χ0) is 12.5. The average molecular weight is 251 g/mol. The molecule has 3 unspecified atom stereocenters. The van der Waals surface area contributed by atoms with Gasteiger partial charge in [-0.2, -0.15) is 13.2 Å². The molecule has 1 saturated carbocycles. The van der Waals surface area contributed by atoms with Crippen LogP contribution in [0.5, 0.6) is 0 Å². The lowest BCUT2D eigenvalue weighted by Gasteiger charge is -2.43. The minimum atomic E-state index is -4.12. The van der Waals surface area contributed by atoms with Crippen LogP contribution in [0.2, 0.25) is 0 Å². The highest BCUT2D eigenvalue weighted by Crippen LogP contribution is 2.40. The number of hydrogen-bond acceptors (Lipinski definition) is 2. The molecule has 1 heterocycles. The molecule has 2 rings (SSSR count). The Bertz CT molecular complexity index is 251. The van der Waals surface area contributed by atoms with Crippen molar-refractivity contribution >= 4 is 0 Å². The van der Waals surface area contributed by atoms with Crippen LogP contribution in [-0.4, -0.2) is 41.4 Å². The predicted molar refractivity (Wildman–Crippen MR) is 58.6 cm³/mol. The molecule has 0 spiro atoms. The third kappa shape index (κ3) is 3.13. The second kappa shape index (κ2) is 5.14. The van der Waals surface area contributed by atoms with Gasteiger partial charge in [-0.15, -0.1) is 0 Å². The average Bonchev–Trinajstić information content (AvgIpc) is 2.28. The van der Waals surface area contributed by atoms with Gasteiger partial charge in [0, 0.05) is 6.04 Å². The van der Waals surface area contributed by atoms with Gasteiger partial charge in [-0.3, -0.25) is 4.90 Å². The molecule has 0 aromatic rings. The zero-order valence-corrected chi connectivity index (χ0v) is 9.92. The van der Waals surface area contributed by atoms with Crippen molar-refractivity contribution in [2.75, 3.05) is 13.1 Å². The minimum absolute atomic E-state index is 0.0752. The topological polar surface area (TPSA) is 23.5 Å². The van der Waals surface area contributed by atoms with E-state index in [4.69, 9.17) is 0 Å². The molecule has 1 aliphatic heterocycles. The number of hydrogen-bond donors (Lipinski definition) is 1. The minimum Gasteiger partial charge on any atom is -0.393 e. The number of aliphatic hydroxyl groups excluding tert-OH is 1. The van der Waals surface area contributed by atoms with Crippen molar-refractivity contribution in [3.05, 3.63) is 0 Å². The van der Waals surface area contributed by atoms with Crippen LogP contribution >= 0.6 is 0 Å². The lowest BCUT2D eigenvalue weighted by atomic mass is 9.81. The number of alkyl halides is 3. The van der Waals surface area contributed by atoms with Gasteiger partial charge in [-0.05, 0) is 45.2 Å². The van der Waals surface area contributed by atoms with Gasteiger partial charge < -0.3 is 5.11 Å². The molecule has 2 fully saturated rings. The van der Waals surface area contributed by atoms with E-state index in [1.807, 2.05) is 4.90 Å². The third-order valence-corrected chi connectivity index (χ3v) is 4.07. The molecule has 5 heteroatoms. The summed E-state index contributed by atoms with van der Waals surface area (Å²) in [5.74, 6) is -1.25. The van der Waals surface area contributed by atoms with Gasteiger partial charge in [0.1, 0.15) is 0 Å². The SMILES string of the molecule is OC1CCC(C(F)(F)F)C(N2CCCCC2)C1. The summed E-state index contributed by atoms with van der Waals surface area (Å²) in [4.78, 5) is 1.95. The van der Waals surface area contributed by atoms with Gasteiger partial charge in [0.15, 0.2) is 0 Å². The molecule has 1 saturated heterocycles. The van der Waals surface area contributed by atoms with Crippen molar-refractivity contribution < 1.29 is 18.3 Å². The first-order valence-electron chi connectivity index (χ1n) is 6.47. The third-order valence-electron chi connectivity index (χ3n) is 4.07. The molecule has 2 nitrogen and oxygen atoms in total. The fraction of sp³-hybridized carbons (Fsp3) is 1.00. The maximum atomic E-state index is 13.0.